The van der Waals surface area contributed by atoms with Crippen molar-refractivity contribution in [3.63, 3.8) is 0 Å². The van der Waals surface area contributed by atoms with E-state index in [0.29, 0.717) is 23.0 Å². The molecule has 0 unspecified atom stereocenters. The predicted octanol–water partition coefficient (Wildman–Crippen LogP) is 5.30. The highest BCUT2D eigenvalue weighted by molar-refractivity contribution is 6.36. The summed E-state index contributed by atoms with van der Waals surface area (Å²) >= 11 is 0. The van der Waals surface area contributed by atoms with Crippen LogP contribution in [-0.2, 0) is 9.57 Å². The van der Waals surface area contributed by atoms with Gasteiger partial charge in [0.15, 0.2) is 17.0 Å². The zero-order chi connectivity index (χ0) is 27.0. The van der Waals surface area contributed by atoms with Gasteiger partial charge in [-0.25, -0.2) is 9.97 Å². The Morgan fingerprint density at radius 2 is 2.08 bits per heavy atom. The van der Waals surface area contributed by atoms with Gasteiger partial charge in [-0.1, -0.05) is 31.6 Å². The van der Waals surface area contributed by atoms with Crippen molar-refractivity contribution in [3.05, 3.63) is 35.5 Å². The topological polar surface area (TPSA) is 91.8 Å². The van der Waals surface area contributed by atoms with Gasteiger partial charge in [0.25, 0.3) is 0 Å². The fraction of sp³-hybridized carbons (Fsp3) is 0.586. The minimum absolute atomic E-state index is 0.330. The first-order chi connectivity index (χ1) is 19.1. The van der Waals surface area contributed by atoms with Gasteiger partial charge in [-0.2, -0.15) is 5.10 Å². The Kier molecular flexibility index (Phi) is 7.33. The lowest BCUT2D eigenvalue weighted by Gasteiger charge is -2.42. The summed E-state index contributed by atoms with van der Waals surface area (Å²) in [5.41, 5.74) is 6.12. The van der Waals surface area contributed by atoms with Gasteiger partial charge in [-0.15, -0.1) is 0 Å². The van der Waals surface area contributed by atoms with Crippen LogP contribution >= 0.6 is 0 Å². The molecule has 2 fully saturated rings. The van der Waals surface area contributed by atoms with E-state index in [1.165, 1.54) is 11.3 Å². The second kappa shape index (κ2) is 10.9. The molecule has 2 radical (unpaired) electrons. The minimum Gasteiger partial charge on any atom is -0.399 e. The van der Waals surface area contributed by atoms with Crippen LogP contribution in [0, 0.1) is 5.41 Å². The number of oxime groups is 1. The van der Waals surface area contributed by atoms with Crippen LogP contribution in [0.5, 0.6) is 0 Å². The van der Waals surface area contributed by atoms with E-state index < -0.39 is 0 Å². The zero-order valence-electron chi connectivity index (χ0n) is 23.5. The number of rotatable bonds is 7. The number of aromatic nitrogens is 4. The maximum atomic E-state index is 6.25. The van der Waals surface area contributed by atoms with E-state index in [9.17, 15) is 0 Å². The summed E-state index contributed by atoms with van der Waals surface area (Å²) in [5.74, 6) is 2.28. The van der Waals surface area contributed by atoms with Gasteiger partial charge < -0.3 is 19.4 Å². The number of benzene rings is 1. The number of H-pyrrole nitrogens is 1. The van der Waals surface area contributed by atoms with Crippen molar-refractivity contribution < 1.29 is 9.57 Å². The number of piperidine rings is 1. The number of fused-ring (bicyclic) bond motifs is 2. The van der Waals surface area contributed by atoms with Crippen LogP contribution < -0.4 is 9.80 Å². The largest absolute Gasteiger partial charge is 0.399 e. The number of ether oxygens (including phenoxy) is 1. The molecule has 39 heavy (non-hydrogen) atoms. The lowest BCUT2D eigenvalue weighted by Crippen LogP contribution is -2.44. The average molecular weight is 546 g/mol. The predicted molar refractivity (Wildman–Crippen MR) is 157 cm³/mol. The summed E-state index contributed by atoms with van der Waals surface area (Å²) in [4.78, 5) is 19.5. The molecule has 0 saturated carbocycles. The molecule has 2 aromatic heterocycles. The molecule has 206 valence electrons. The van der Waals surface area contributed by atoms with E-state index in [1.54, 1.807) is 13.3 Å². The van der Waals surface area contributed by atoms with Crippen molar-refractivity contribution in [1.29, 1.82) is 0 Å². The number of aromatic amines is 1. The normalized spacial score (nSPS) is 24.7. The second-order valence-electron chi connectivity index (χ2n) is 11.1. The van der Waals surface area contributed by atoms with Crippen LogP contribution in [0.4, 0.5) is 17.3 Å². The molecular weight excluding hydrogens is 506 g/mol. The quantitative estimate of drug-likeness (QED) is 0.245. The molecule has 1 aromatic carbocycles. The van der Waals surface area contributed by atoms with Crippen LogP contribution in [0.15, 0.2) is 29.6 Å². The van der Waals surface area contributed by atoms with E-state index in [1.807, 2.05) is 6.20 Å². The van der Waals surface area contributed by atoms with Gasteiger partial charge in [0, 0.05) is 34.8 Å². The van der Waals surface area contributed by atoms with Gasteiger partial charge in [0.1, 0.15) is 12.9 Å². The number of nitrogens with zero attached hydrogens (tertiary/aromatic N) is 6. The summed E-state index contributed by atoms with van der Waals surface area (Å²) < 4.78 is 6.25. The Bertz CT molecular complexity index is 1340. The van der Waals surface area contributed by atoms with E-state index in [-0.39, 0.29) is 0 Å². The minimum atomic E-state index is 0.330. The van der Waals surface area contributed by atoms with Crippen LogP contribution in [0.1, 0.15) is 63.0 Å². The van der Waals surface area contributed by atoms with Crippen molar-refractivity contribution in [3.8, 4) is 0 Å². The molecule has 3 aliphatic heterocycles. The SMILES string of the molecule is CC[C@H]1CCN(c2n[nH]c3nc(N4CCC5(CC4)CO[C@@H](CC)[C@H]5[Si]C)cnc23)c2ccc(/C=N/OC)cc21. The zero-order valence-corrected chi connectivity index (χ0v) is 24.5. The molecule has 1 N–H and O–H groups in total. The van der Waals surface area contributed by atoms with Crippen molar-refractivity contribution >= 4 is 44.2 Å². The van der Waals surface area contributed by atoms with Crippen molar-refractivity contribution in [2.75, 3.05) is 43.2 Å². The molecular formula is C29H39N7O2Si. The van der Waals surface area contributed by atoms with Gasteiger partial charge in [0.05, 0.1) is 25.1 Å². The standard InChI is InChI=1S/C29H39N7O2Si/c1-5-20-9-12-36(22-8-7-19(15-21(20)22)16-31-37-3)28-25-27(33-34-28)32-24(17-30-25)35-13-10-29(11-14-35)18-38-23(6-2)26(29)39-4/h7-8,15-17,20,23,26H,5-6,9-14,18H2,1-4H3,(H,32,33,34)/b31-16+/t20-,23-,26+/m0/s1. The van der Waals surface area contributed by atoms with E-state index in [0.717, 1.165) is 96.2 Å². The first-order valence-corrected chi connectivity index (χ1v) is 15.9. The molecule has 10 heteroatoms. The maximum absolute atomic E-state index is 6.25. The summed E-state index contributed by atoms with van der Waals surface area (Å²) in [6.07, 6.45) is 9.71. The van der Waals surface area contributed by atoms with Gasteiger partial charge in [-0.3, -0.25) is 5.10 Å². The second-order valence-corrected chi connectivity index (χ2v) is 12.3. The Balaban J connectivity index is 1.23. The van der Waals surface area contributed by atoms with Gasteiger partial charge in [0.2, 0.25) is 0 Å². The van der Waals surface area contributed by atoms with Gasteiger partial charge >= 0.3 is 0 Å². The van der Waals surface area contributed by atoms with E-state index in [4.69, 9.17) is 24.6 Å². The fourth-order valence-electron chi connectivity index (χ4n) is 7.00. The number of anilines is 3. The van der Waals surface area contributed by atoms with E-state index in [2.05, 4.69) is 58.6 Å². The van der Waals surface area contributed by atoms with Crippen LogP contribution in [0.3, 0.4) is 0 Å². The van der Waals surface area contributed by atoms with Crippen molar-refractivity contribution in [1.82, 2.24) is 20.2 Å². The molecule has 2 saturated heterocycles. The molecule has 3 atom stereocenters. The molecule has 0 bridgehead atoms. The molecule has 5 heterocycles. The highest BCUT2D eigenvalue weighted by Crippen LogP contribution is 2.51. The summed E-state index contributed by atoms with van der Waals surface area (Å²) in [6, 6.07) is 6.47. The lowest BCUT2D eigenvalue weighted by atomic mass is 9.75. The first-order valence-electron chi connectivity index (χ1n) is 14.3. The Morgan fingerprint density at radius 3 is 2.82 bits per heavy atom. The Hall–Kier alpha value is -2.98. The monoisotopic (exact) mass is 545 g/mol. The third kappa shape index (κ3) is 4.61. The van der Waals surface area contributed by atoms with E-state index >= 15 is 0 Å². The summed E-state index contributed by atoms with van der Waals surface area (Å²) in [6.45, 7) is 10.7. The maximum Gasteiger partial charge on any atom is 0.183 e. The summed E-state index contributed by atoms with van der Waals surface area (Å²) in [5, 5.41) is 11.9. The number of hydrogen-bond acceptors (Lipinski definition) is 8. The smallest absolute Gasteiger partial charge is 0.183 e. The number of hydrogen-bond donors (Lipinski definition) is 1. The van der Waals surface area contributed by atoms with Crippen molar-refractivity contribution in [2.24, 2.45) is 10.6 Å². The molecule has 9 nitrogen and oxygen atoms in total. The molecule has 3 aromatic rings. The summed E-state index contributed by atoms with van der Waals surface area (Å²) in [7, 11) is 2.50. The van der Waals surface area contributed by atoms with Crippen LogP contribution in [0.2, 0.25) is 12.1 Å². The molecule has 3 aliphatic rings. The highest BCUT2D eigenvalue weighted by Gasteiger charge is 2.49. The van der Waals surface area contributed by atoms with Crippen LogP contribution in [0.25, 0.3) is 11.2 Å². The Labute approximate surface area is 233 Å². The Morgan fingerprint density at radius 1 is 1.23 bits per heavy atom. The molecule has 0 amide bonds. The van der Waals surface area contributed by atoms with Gasteiger partial charge in [-0.05, 0) is 72.2 Å². The first kappa shape index (κ1) is 26.3. The third-order valence-electron chi connectivity index (χ3n) is 9.19. The average Bonchev–Trinajstić information content (AvgIpc) is 3.56. The molecule has 1 spiro atoms. The molecule has 6 rings (SSSR count). The highest BCUT2D eigenvalue weighted by atomic mass is 28.2. The fourth-order valence-corrected chi connectivity index (χ4v) is 8.69. The van der Waals surface area contributed by atoms with Crippen molar-refractivity contribution in [2.45, 2.75) is 70.1 Å². The third-order valence-corrected chi connectivity index (χ3v) is 10.8. The molecule has 0 aliphatic carbocycles. The number of nitrogens with one attached hydrogen (secondary N) is 1. The van der Waals surface area contributed by atoms with Crippen LogP contribution in [-0.4, -0.2) is 75.4 Å². The lowest BCUT2D eigenvalue weighted by molar-refractivity contribution is 0.0865.